The van der Waals surface area contributed by atoms with Crippen molar-refractivity contribution in [1.29, 1.82) is 0 Å². The monoisotopic (exact) mass is 269 g/mol. The molecule has 1 heterocycles. The Morgan fingerprint density at radius 2 is 1.78 bits per heavy atom. The van der Waals surface area contributed by atoms with Gasteiger partial charge in [-0.3, -0.25) is 9.55 Å². The summed E-state index contributed by atoms with van der Waals surface area (Å²) in [5.41, 5.74) is 1.82. The van der Waals surface area contributed by atoms with Crippen LogP contribution in [0.25, 0.3) is 0 Å². The lowest BCUT2D eigenvalue weighted by molar-refractivity contribution is 0.482. The summed E-state index contributed by atoms with van der Waals surface area (Å²) in [7, 11) is -4.16. The maximum absolute atomic E-state index is 11.2. The average Bonchev–Trinajstić information content (AvgIpc) is 2.55. The molecule has 5 heteroatoms. The Morgan fingerprint density at radius 3 is 2.28 bits per heavy atom. The molecular weight excluding hydrogens is 250 g/mol. The van der Waals surface area contributed by atoms with E-state index in [0.29, 0.717) is 5.56 Å². The highest BCUT2D eigenvalue weighted by molar-refractivity contribution is 7.85. The van der Waals surface area contributed by atoms with Crippen LogP contribution in [-0.4, -0.2) is 19.2 Å². The quantitative estimate of drug-likeness (QED) is 0.796. The molecule has 0 radical (unpaired) electrons. The highest BCUT2D eigenvalue weighted by Gasteiger charge is 2.29. The first-order chi connectivity index (χ1) is 8.22. The number of benzene rings is 1. The van der Waals surface area contributed by atoms with Gasteiger partial charge in [0.1, 0.15) is 0 Å². The predicted octanol–water partition coefficient (Wildman–Crippen LogP) is 3.26. The van der Waals surface area contributed by atoms with E-state index in [1.54, 1.807) is 19.2 Å². The molecule has 0 atom stereocenters. The van der Waals surface area contributed by atoms with Crippen LogP contribution in [0.15, 0.2) is 22.0 Å². The summed E-state index contributed by atoms with van der Waals surface area (Å²) >= 11 is 0. The van der Waals surface area contributed by atoms with Crippen LogP contribution in [0.4, 0.5) is 5.69 Å². The largest absolute Gasteiger partial charge is 0.294 e. The number of fused-ring (bicyclic) bond motifs is 1. The van der Waals surface area contributed by atoms with Crippen molar-refractivity contribution in [3.63, 3.8) is 0 Å². The van der Waals surface area contributed by atoms with Crippen LogP contribution in [0.3, 0.4) is 0 Å². The molecule has 0 unspecified atom stereocenters. The summed E-state index contributed by atoms with van der Waals surface area (Å²) in [6.45, 7) is 9.54. The van der Waals surface area contributed by atoms with E-state index in [0.717, 1.165) is 11.3 Å². The van der Waals surface area contributed by atoms with Crippen molar-refractivity contribution >= 4 is 22.0 Å². The summed E-state index contributed by atoms with van der Waals surface area (Å²) in [6, 6.07) is 3.19. The van der Waals surface area contributed by atoms with Gasteiger partial charge in [0.25, 0.3) is 10.1 Å². The standard InChI is InChI=1S/C11H13NO3S.C2H6/c1-7-4-9-8(11(2,3)6-12-9)5-10(7)16(13,14)15;1-2/h4-6H,1-3H3,(H,13,14,15);1-2H3. The molecule has 0 fully saturated rings. The van der Waals surface area contributed by atoms with Crippen molar-refractivity contribution in [2.45, 2.75) is 44.9 Å². The Kier molecular flexibility index (Phi) is 3.98. The number of hydrogen-bond donors (Lipinski definition) is 1. The third kappa shape index (κ3) is 2.62. The second-order valence-corrected chi connectivity index (χ2v) is 5.98. The Hall–Kier alpha value is -1.20. The fourth-order valence-electron chi connectivity index (χ4n) is 1.87. The summed E-state index contributed by atoms with van der Waals surface area (Å²) in [6.07, 6.45) is 1.78. The zero-order chi connectivity index (χ0) is 14.1. The van der Waals surface area contributed by atoms with Crippen LogP contribution in [0.2, 0.25) is 0 Å². The molecule has 2 rings (SSSR count). The van der Waals surface area contributed by atoms with E-state index < -0.39 is 10.1 Å². The molecule has 1 N–H and O–H groups in total. The first kappa shape index (κ1) is 14.9. The molecule has 18 heavy (non-hydrogen) atoms. The maximum atomic E-state index is 11.2. The minimum atomic E-state index is -4.16. The van der Waals surface area contributed by atoms with Gasteiger partial charge in [0.05, 0.1) is 10.6 Å². The van der Waals surface area contributed by atoms with Crippen molar-refractivity contribution in [3.8, 4) is 0 Å². The Balaban J connectivity index is 0.000000771. The zero-order valence-corrected chi connectivity index (χ0v) is 12.2. The fraction of sp³-hybridized carbons (Fsp3) is 0.462. The van der Waals surface area contributed by atoms with Gasteiger partial charge in [-0.05, 0) is 30.2 Å². The predicted molar refractivity (Wildman–Crippen MR) is 73.5 cm³/mol. The van der Waals surface area contributed by atoms with Crippen molar-refractivity contribution in [3.05, 3.63) is 23.3 Å². The normalized spacial score (nSPS) is 15.9. The van der Waals surface area contributed by atoms with E-state index in [2.05, 4.69) is 4.99 Å². The molecule has 0 spiro atoms. The van der Waals surface area contributed by atoms with Crippen LogP contribution in [0.5, 0.6) is 0 Å². The summed E-state index contributed by atoms with van der Waals surface area (Å²) in [4.78, 5) is 4.20. The minimum Gasteiger partial charge on any atom is -0.282 e. The summed E-state index contributed by atoms with van der Waals surface area (Å²) in [5, 5.41) is 0. The highest BCUT2D eigenvalue weighted by Crippen LogP contribution is 2.38. The van der Waals surface area contributed by atoms with Crippen molar-refractivity contribution in [1.82, 2.24) is 0 Å². The topological polar surface area (TPSA) is 66.7 Å². The van der Waals surface area contributed by atoms with E-state index >= 15 is 0 Å². The van der Waals surface area contributed by atoms with Gasteiger partial charge < -0.3 is 0 Å². The molecule has 0 aromatic heterocycles. The van der Waals surface area contributed by atoms with Gasteiger partial charge >= 0.3 is 0 Å². The smallest absolute Gasteiger partial charge is 0.282 e. The summed E-state index contributed by atoms with van der Waals surface area (Å²) < 4.78 is 31.5. The molecule has 1 aliphatic rings. The van der Waals surface area contributed by atoms with Gasteiger partial charge in [-0.25, -0.2) is 0 Å². The molecule has 0 bridgehead atoms. The van der Waals surface area contributed by atoms with Crippen LogP contribution in [-0.2, 0) is 15.5 Å². The number of aliphatic imine (C=N–C) groups is 1. The van der Waals surface area contributed by atoms with E-state index in [-0.39, 0.29) is 10.3 Å². The first-order valence-corrected chi connectivity index (χ1v) is 7.34. The second-order valence-electron chi connectivity index (χ2n) is 4.59. The lowest BCUT2D eigenvalue weighted by Crippen LogP contribution is -2.16. The SMILES string of the molecule is CC.Cc1cc2c(cc1S(=O)(=O)O)C(C)(C)C=N2. The summed E-state index contributed by atoms with van der Waals surface area (Å²) in [5.74, 6) is 0. The van der Waals surface area contributed by atoms with Gasteiger partial charge in [0, 0.05) is 11.6 Å². The maximum Gasteiger partial charge on any atom is 0.294 e. The molecule has 1 aromatic carbocycles. The molecule has 1 aliphatic heterocycles. The molecular formula is C13H19NO3S. The molecule has 4 nitrogen and oxygen atoms in total. The molecule has 100 valence electrons. The van der Waals surface area contributed by atoms with Crippen molar-refractivity contribution in [2.75, 3.05) is 0 Å². The number of nitrogens with zero attached hydrogens (tertiary/aromatic N) is 1. The van der Waals surface area contributed by atoms with Crippen LogP contribution in [0, 0.1) is 6.92 Å². The van der Waals surface area contributed by atoms with Crippen LogP contribution >= 0.6 is 0 Å². The van der Waals surface area contributed by atoms with E-state index in [9.17, 15) is 8.42 Å². The van der Waals surface area contributed by atoms with Crippen molar-refractivity contribution in [2.24, 2.45) is 4.99 Å². The highest BCUT2D eigenvalue weighted by atomic mass is 32.2. The lowest BCUT2D eigenvalue weighted by atomic mass is 9.87. The van der Waals surface area contributed by atoms with Crippen LogP contribution < -0.4 is 0 Å². The van der Waals surface area contributed by atoms with Gasteiger partial charge in [0.2, 0.25) is 0 Å². The number of aryl methyl sites for hydroxylation is 1. The van der Waals surface area contributed by atoms with Crippen molar-refractivity contribution < 1.29 is 13.0 Å². The Labute approximate surface area is 109 Å². The lowest BCUT2D eigenvalue weighted by Gasteiger charge is -2.17. The molecule has 0 aliphatic carbocycles. The van der Waals surface area contributed by atoms with Gasteiger partial charge in [-0.1, -0.05) is 27.7 Å². The van der Waals surface area contributed by atoms with Gasteiger partial charge in [0.15, 0.2) is 0 Å². The van der Waals surface area contributed by atoms with E-state index in [4.69, 9.17) is 4.55 Å². The first-order valence-electron chi connectivity index (χ1n) is 5.90. The Bertz CT molecular complexity index is 586. The molecule has 0 saturated heterocycles. The minimum absolute atomic E-state index is 0.0372. The molecule has 0 saturated carbocycles. The molecule has 0 amide bonds. The second kappa shape index (κ2) is 4.82. The number of rotatable bonds is 1. The molecule has 1 aromatic rings. The fourth-order valence-corrected chi connectivity index (χ4v) is 2.61. The van der Waals surface area contributed by atoms with E-state index in [1.807, 2.05) is 27.7 Å². The average molecular weight is 269 g/mol. The van der Waals surface area contributed by atoms with Crippen LogP contribution in [0.1, 0.15) is 38.8 Å². The van der Waals surface area contributed by atoms with Gasteiger partial charge in [-0.2, -0.15) is 8.42 Å². The number of hydrogen-bond acceptors (Lipinski definition) is 3. The zero-order valence-electron chi connectivity index (χ0n) is 11.4. The van der Waals surface area contributed by atoms with E-state index in [1.165, 1.54) is 6.07 Å². The Morgan fingerprint density at radius 1 is 1.22 bits per heavy atom. The third-order valence-electron chi connectivity index (χ3n) is 2.79. The van der Waals surface area contributed by atoms with Gasteiger partial charge in [-0.15, -0.1) is 0 Å². The third-order valence-corrected chi connectivity index (χ3v) is 3.79.